The van der Waals surface area contributed by atoms with E-state index >= 15 is 0 Å². The summed E-state index contributed by atoms with van der Waals surface area (Å²) in [4.78, 5) is 11.9. The van der Waals surface area contributed by atoms with E-state index in [1.807, 2.05) is 54.8 Å². The number of aryl methyl sites for hydroxylation is 2. The van der Waals surface area contributed by atoms with Gasteiger partial charge in [0.1, 0.15) is 5.69 Å². The van der Waals surface area contributed by atoms with Gasteiger partial charge in [-0.15, -0.1) is 0 Å². The number of carbonyl (C=O) groups is 1. The number of rotatable bonds is 7. The van der Waals surface area contributed by atoms with Crippen LogP contribution in [0.4, 0.5) is 0 Å². The fourth-order valence-corrected chi connectivity index (χ4v) is 3.51. The largest absolute Gasteiger partial charge is 0.477 e. The molecule has 0 spiro atoms. The van der Waals surface area contributed by atoms with Gasteiger partial charge in [-0.25, -0.2) is 4.79 Å². The third-order valence-electron chi connectivity index (χ3n) is 4.65. The number of aromatic carboxylic acids is 1. The molecule has 1 aromatic heterocycles. The third kappa shape index (κ3) is 3.76. The summed E-state index contributed by atoms with van der Waals surface area (Å²) in [5.74, 6) is -0.879. The summed E-state index contributed by atoms with van der Waals surface area (Å²) in [5, 5.41) is 14.9. The second-order valence-electron chi connectivity index (χ2n) is 6.45. The highest BCUT2D eigenvalue weighted by Gasteiger charge is 2.21. The lowest BCUT2D eigenvalue weighted by Crippen LogP contribution is -2.19. The number of nitrogens with zero attached hydrogens (tertiary/aromatic N) is 1. The van der Waals surface area contributed by atoms with Crippen LogP contribution in [-0.4, -0.2) is 22.2 Å². The fraction of sp³-hybridized carbons (Fsp3) is 0.286. The number of halogens is 1. The molecule has 0 bridgehead atoms. The Morgan fingerprint density at radius 1 is 1.19 bits per heavy atom. The maximum atomic E-state index is 11.9. The average Bonchev–Trinajstić information content (AvgIpc) is 2.93. The Kier molecular flexibility index (Phi) is 5.64. The second-order valence-corrected chi connectivity index (χ2v) is 6.89. The van der Waals surface area contributed by atoms with Gasteiger partial charge in [0.25, 0.3) is 0 Å². The maximum absolute atomic E-state index is 11.9. The molecule has 5 heteroatoms. The van der Waals surface area contributed by atoms with Crippen LogP contribution in [0.25, 0.3) is 10.9 Å². The van der Waals surface area contributed by atoms with Crippen LogP contribution in [0.5, 0.6) is 0 Å². The van der Waals surface area contributed by atoms with E-state index in [-0.39, 0.29) is 0 Å². The van der Waals surface area contributed by atoms with Crippen molar-refractivity contribution >= 4 is 28.5 Å². The van der Waals surface area contributed by atoms with Crippen molar-refractivity contribution in [3.05, 3.63) is 69.9 Å². The van der Waals surface area contributed by atoms with Gasteiger partial charge < -0.3 is 15.0 Å². The van der Waals surface area contributed by atoms with Gasteiger partial charge in [0.05, 0.1) is 0 Å². The van der Waals surface area contributed by atoms with Crippen LogP contribution >= 0.6 is 11.6 Å². The van der Waals surface area contributed by atoms with E-state index in [1.165, 1.54) is 5.56 Å². The molecule has 0 saturated carbocycles. The van der Waals surface area contributed by atoms with E-state index in [4.69, 9.17) is 11.6 Å². The van der Waals surface area contributed by atoms with Gasteiger partial charge in [0.2, 0.25) is 0 Å². The molecule has 136 valence electrons. The number of hydrogen-bond acceptors (Lipinski definition) is 2. The topological polar surface area (TPSA) is 54.3 Å². The van der Waals surface area contributed by atoms with Crippen molar-refractivity contribution < 1.29 is 9.90 Å². The predicted molar refractivity (Wildman–Crippen MR) is 106 cm³/mol. The molecular weight excluding hydrogens is 348 g/mol. The van der Waals surface area contributed by atoms with Crippen molar-refractivity contribution in [2.24, 2.45) is 0 Å². The third-order valence-corrected chi connectivity index (χ3v) is 4.90. The molecule has 0 aliphatic carbocycles. The zero-order valence-corrected chi connectivity index (χ0v) is 15.8. The number of benzene rings is 2. The molecule has 0 radical (unpaired) electrons. The van der Waals surface area contributed by atoms with Gasteiger partial charge >= 0.3 is 5.97 Å². The molecule has 0 saturated heterocycles. The molecule has 1 heterocycles. The van der Waals surface area contributed by atoms with E-state index in [1.54, 1.807) is 0 Å². The molecule has 2 N–H and O–H groups in total. The van der Waals surface area contributed by atoms with Gasteiger partial charge in [-0.3, -0.25) is 0 Å². The number of aromatic nitrogens is 1. The van der Waals surface area contributed by atoms with Gasteiger partial charge in [-0.05, 0) is 56.1 Å². The zero-order chi connectivity index (χ0) is 18.7. The smallest absolute Gasteiger partial charge is 0.352 e. The minimum absolute atomic E-state index is 0.382. The van der Waals surface area contributed by atoms with Crippen LogP contribution in [0, 0.1) is 6.92 Å². The van der Waals surface area contributed by atoms with Crippen molar-refractivity contribution in [1.82, 2.24) is 9.88 Å². The first-order valence-corrected chi connectivity index (χ1v) is 9.19. The molecule has 0 aliphatic rings. The van der Waals surface area contributed by atoms with Gasteiger partial charge in [0.15, 0.2) is 0 Å². The van der Waals surface area contributed by atoms with Crippen molar-refractivity contribution in [3.63, 3.8) is 0 Å². The highest BCUT2D eigenvalue weighted by molar-refractivity contribution is 6.30. The first-order chi connectivity index (χ1) is 12.5. The summed E-state index contributed by atoms with van der Waals surface area (Å²) >= 11 is 5.91. The molecule has 0 aliphatic heterocycles. The highest BCUT2D eigenvalue weighted by Crippen LogP contribution is 2.27. The summed E-state index contributed by atoms with van der Waals surface area (Å²) in [6.07, 6.45) is 0.866. The van der Waals surface area contributed by atoms with E-state index in [2.05, 4.69) is 11.4 Å². The number of carboxylic acids is 1. The Morgan fingerprint density at radius 2 is 1.92 bits per heavy atom. The molecule has 26 heavy (non-hydrogen) atoms. The number of fused-ring (bicyclic) bond motifs is 1. The first kappa shape index (κ1) is 18.5. The number of carboxylic acid groups (broad SMARTS) is 1. The van der Waals surface area contributed by atoms with E-state index in [0.717, 1.165) is 40.0 Å². The van der Waals surface area contributed by atoms with Crippen LogP contribution < -0.4 is 5.32 Å². The van der Waals surface area contributed by atoms with E-state index < -0.39 is 5.97 Å². The lowest BCUT2D eigenvalue weighted by molar-refractivity contribution is 0.0684. The fourth-order valence-electron chi connectivity index (χ4n) is 3.38. The lowest BCUT2D eigenvalue weighted by atomic mass is 10.1. The van der Waals surface area contributed by atoms with Crippen LogP contribution in [0.1, 0.15) is 34.1 Å². The summed E-state index contributed by atoms with van der Waals surface area (Å²) in [7, 11) is 0. The lowest BCUT2D eigenvalue weighted by Gasteiger charge is -2.07. The van der Waals surface area contributed by atoms with Crippen LogP contribution in [0.2, 0.25) is 5.02 Å². The van der Waals surface area contributed by atoms with Gasteiger partial charge in [0, 0.05) is 34.6 Å². The summed E-state index contributed by atoms with van der Waals surface area (Å²) in [6, 6.07) is 13.9. The van der Waals surface area contributed by atoms with E-state index in [9.17, 15) is 9.90 Å². The average molecular weight is 371 g/mol. The highest BCUT2D eigenvalue weighted by atomic mass is 35.5. The molecule has 3 rings (SSSR count). The number of hydrogen-bond donors (Lipinski definition) is 2. The van der Waals surface area contributed by atoms with Crippen molar-refractivity contribution in [2.45, 2.75) is 33.4 Å². The molecular formula is C21H23ClN2O2. The van der Waals surface area contributed by atoms with Crippen LogP contribution in [0.3, 0.4) is 0 Å². The monoisotopic (exact) mass is 370 g/mol. The summed E-state index contributed by atoms with van der Waals surface area (Å²) < 4.78 is 1.89. The van der Waals surface area contributed by atoms with Gasteiger partial charge in [-0.1, -0.05) is 35.9 Å². The summed E-state index contributed by atoms with van der Waals surface area (Å²) in [6.45, 7) is 5.93. The minimum Gasteiger partial charge on any atom is -0.477 e. The SMILES string of the molecule is CCn1c(C(=O)O)c(CNCCc2ccc(Cl)cc2)c2ccc(C)cc21. The predicted octanol–water partition coefficient (Wildman–Crippen LogP) is 4.65. The molecule has 3 aromatic rings. The minimum atomic E-state index is -0.879. The Morgan fingerprint density at radius 3 is 2.58 bits per heavy atom. The Balaban J connectivity index is 1.81. The second kappa shape index (κ2) is 7.94. The molecule has 0 unspecified atom stereocenters. The van der Waals surface area contributed by atoms with Crippen molar-refractivity contribution in [1.29, 1.82) is 0 Å². The molecule has 4 nitrogen and oxygen atoms in total. The zero-order valence-electron chi connectivity index (χ0n) is 15.1. The molecule has 2 aromatic carbocycles. The first-order valence-electron chi connectivity index (χ1n) is 8.81. The quantitative estimate of drug-likeness (QED) is 0.595. The van der Waals surface area contributed by atoms with Crippen LogP contribution in [0.15, 0.2) is 42.5 Å². The standard InChI is InChI=1S/C21H23ClN2O2/c1-3-24-19-12-14(2)4-9-17(19)18(20(24)21(25)26)13-23-11-10-15-5-7-16(22)8-6-15/h4-9,12,23H,3,10-11,13H2,1-2H3,(H,25,26). The van der Waals surface area contributed by atoms with Crippen molar-refractivity contribution in [3.8, 4) is 0 Å². The Bertz CT molecular complexity index is 929. The normalized spacial score (nSPS) is 11.2. The summed E-state index contributed by atoms with van der Waals surface area (Å²) in [5.41, 5.74) is 4.55. The Hall–Kier alpha value is -2.30. The van der Waals surface area contributed by atoms with Gasteiger partial charge in [-0.2, -0.15) is 0 Å². The van der Waals surface area contributed by atoms with Crippen LogP contribution in [-0.2, 0) is 19.5 Å². The molecule has 0 amide bonds. The maximum Gasteiger partial charge on any atom is 0.352 e. The van der Waals surface area contributed by atoms with E-state index in [0.29, 0.717) is 18.8 Å². The molecule has 0 fully saturated rings. The Labute approximate surface area is 158 Å². The molecule has 0 atom stereocenters. The number of nitrogens with one attached hydrogen (secondary N) is 1. The van der Waals surface area contributed by atoms with Crippen molar-refractivity contribution in [2.75, 3.05) is 6.54 Å².